The molecule has 0 unspecified atom stereocenters. The average Bonchev–Trinajstić information content (AvgIpc) is 3.38. The summed E-state index contributed by atoms with van der Waals surface area (Å²) in [6.45, 7) is -0.231. The largest absolute Gasteiger partial charge is 0.491 e. The van der Waals surface area contributed by atoms with Crippen molar-refractivity contribution >= 4 is 60.8 Å². The number of amidine groups is 1. The van der Waals surface area contributed by atoms with Crippen molar-refractivity contribution in [1.29, 1.82) is 5.41 Å². The minimum atomic E-state index is -5.25. The maximum absolute atomic E-state index is 13.0. The number of thiophene rings is 1. The molecule has 1 saturated heterocycles. The van der Waals surface area contributed by atoms with Crippen LogP contribution in [0.2, 0.25) is 5.02 Å². The second-order valence-corrected chi connectivity index (χ2v) is 11.6. The molecule has 9 nitrogen and oxygen atoms in total. The maximum atomic E-state index is 13.0. The first-order chi connectivity index (χ1) is 17.2. The Hall–Kier alpha value is -3.20. The predicted molar refractivity (Wildman–Crippen MR) is 130 cm³/mol. The summed E-state index contributed by atoms with van der Waals surface area (Å²) >= 11 is 6.95. The molecule has 0 aliphatic carbocycles. The van der Waals surface area contributed by atoms with Gasteiger partial charge in [0.1, 0.15) is 21.8 Å². The topological polar surface area (TPSA) is 143 Å². The molecule has 37 heavy (non-hydrogen) atoms. The summed E-state index contributed by atoms with van der Waals surface area (Å²) in [7, 11) is -4.07. The second kappa shape index (κ2) is 9.93. The Morgan fingerprint density at radius 3 is 2.65 bits per heavy atom. The van der Waals surface area contributed by atoms with Crippen LogP contribution in [0.15, 0.2) is 46.7 Å². The van der Waals surface area contributed by atoms with Crippen LogP contribution in [0.25, 0.3) is 10.1 Å². The molecule has 1 aliphatic heterocycles. The zero-order chi connectivity index (χ0) is 27.1. The highest BCUT2D eigenvalue weighted by molar-refractivity contribution is 7.91. The molecular weight excluding hydrogens is 557 g/mol. The van der Waals surface area contributed by atoms with Gasteiger partial charge in [0, 0.05) is 33.9 Å². The Bertz CT molecular complexity index is 1520. The molecule has 2 aromatic carbocycles. The Labute approximate surface area is 217 Å². The normalized spacial score (nSPS) is 16.4. The Morgan fingerprint density at radius 2 is 1.97 bits per heavy atom. The van der Waals surface area contributed by atoms with Crippen LogP contribution in [0.5, 0.6) is 5.75 Å². The molecule has 0 bridgehead atoms. The van der Waals surface area contributed by atoms with Crippen LogP contribution in [-0.4, -0.2) is 49.8 Å². The number of nitrogens with zero attached hydrogens (tertiary/aromatic N) is 1. The number of esters is 1. The first kappa shape index (κ1) is 26.9. The number of carbonyl (C=O) groups is 2. The number of likely N-dealkylation sites (tertiary alicyclic amines) is 1. The third kappa shape index (κ3) is 5.87. The number of nitrogens with two attached hydrogens (primary N) is 1. The molecule has 196 valence electrons. The van der Waals surface area contributed by atoms with E-state index in [1.54, 1.807) is 18.2 Å². The first-order valence-electron chi connectivity index (χ1n) is 10.5. The number of hydrogen-bond donors (Lipinski definition) is 3. The number of nitrogen functional groups attached to an aromatic ring is 1. The molecule has 1 atom stereocenters. The van der Waals surface area contributed by atoms with Crippen molar-refractivity contribution in [1.82, 2.24) is 9.62 Å². The van der Waals surface area contributed by atoms with Gasteiger partial charge < -0.3 is 15.4 Å². The molecule has 0 radical (unpaired) electrons. The molecular formula is C22H18ClF3N4O5S2. The summed E-state index contributed by atoms with van der Waals surface area (Å²) in [6.07, 6.45) is -5.15. The van der Waals surface area contributed by atoms with Gasteiger partial charge in [-0.05, 0) is 48.2 Å². The zero-order valence-corrected chi connectivity index (χ0v) is 21.0. The van der Waals surface area contributed by atoms with Gasteiger partial charge in [0.15, 0.2) is 0 Å². The minimum Gasteiger partial charge on any atom is -0.420 e. The van der Waals surface area contributed by atoms with Crippen LogP contribution >= 0.6 is 22.9 Å². The van der Waals surface area contributed by atoms with Crippen LogP contribution in [0, 0.1) is 5.41 Å². The smallest absolute Gasteiger partial charge is 0.420 e. The molecule has 4 N–H and O–H groups in total. The molecule has 1 fully saturated rings. The predicted octanol–water partition coefficient (Wildman–Crippen LogP) is 3.39. The van der Waals surface area contributed by atoms with Gasteiger partial charge in [-0.2, -0.15) is 17.9 Å². The third-order valence-electron chi connectivity index (χ3n) is 5.49. The molecule has 15 heteroatoms. The fraction of sp³-hybridized carbons (Fsp3) is 0.227. The number of hydrogen-bond acceptors (Lipinski definition) is 7. The zero-order valence-electron chi connectivity index (χ0n) is 18.6. The standard InChI is InChI=1S/C22H18ClF3N4O5S2/c23-14-3-1-11-8-18(36-17(11)9-14)37(33,34)29-15-5-6-30(20(15)31)10-13-7-12(19(27)28)2-4-16(13)35-21(32)22(24,25)26/h1-4,7-9,15,29H,5-6,10H2,(H3,27,28)/t15-/m0/s1. The number of halogens is 4. The van der Waals surface area contributed by atoms with E-state index in [1.165, 1.54) is 23.1 Å². The number of alkyl halides is 3. The summed E-state index contributed by atoms with van der Waals surface area (Å²) in [5, 5.41) is 8.67. The second-order valence-electron chi connectivity index (χ2n) is 8.09. The van der Waals surface area contributed by atoms with Crippen molar-refractivity contribution in [2.75, 3.05) is 6.54 Å². The summed E-state index contributed by atoms with van der Waals surface area (Å²) in [5.74, 6) is -3.92. The van der Waals surface area contributed by atoms with Gasteiger partial charge in [0.25, 0.3) is 10.0 Å². The van der Waals surface area contributed by atoms with Crippen LogP contribution in [0.4, 0.5) is 13.2 Å². The lowest BCUT2D eigenvalue weighted by molar-refractivity contribution is -0.189. The van der Waals surface area contributed by atoms with Crippen LogP contribution in [-0.2, 0) is 26.2 Å². The number of rotatable bonds is 7. The lowest BCUT2D eigenvalue weighted by Crippen LogP contribution is -2.41. The third-order valence-corrected chi connectivity index (χ3v) is 8.76. The first-order valence-corrected chi connectivity index (χ1v) is 13.2. The molecule has 1 aromatic heterocycles. The number of amides is 1. The van der Waals surface area contributed by atoms with E-state index in [9.17, 15) is 31.2 Å². The molecule has 0 spiro atoms. The lowest BCUT2D eigenvalue weighted by Gasteiger charge is -2.20. The van der Waals surface area contributed by atoms with E-state index in [2.05, 4.69) is 9.46 Å². The molecule has 1 aliphatic rings. The van der Waals surface area contributed by atoms with Crippen molar-refractivity contribution in [3.63, 3.8) is 0 Å². The fourth-order valence-corrected chi connectivity index (χ4v) is 6.61. The van der Waals surface area contributed by atoms with E-state index in [0.717, 1.165) is 17.4 Å². The monoisotopic (exact) mass is 574 g/mol. The Morgan fingerprint density at radius 1 is 1.24 bits per heavy atom. The molecule has 1 amide bonds. The van der Waals surface area contributed by atoms with E-state index in [0.29, 0.717) is 15.1 Å². The van der Waals surface area contributed by atoms with Crippen molar-refractivity contribution < 1.29 is 35.9 Å². The Balaban J connectivity index is 1.53. The number of nitrogens with one attached hydrogen (secondary N) is 2. The molecule has 4 rings (SSSR count). The summed E-state index contributed by atoms with van der Waals surface area (Å²) in [4.78, 5) is 25.5. The van der Waals surface area contributed by atoms with Gasteiger partial charge >= 0.3 is 12.1 Å². The van der Waals surface area contributed by atoms with Crippen molar-refractivity contribution in [2.24, 2.45) is 5.73 Å². The van der Waals surface area contributed by atoms with Gasteiger partial charge in [-0.1, -0.05) is 17.7 Å². The van der Waals surface area contributed by atoms with Crippen LogP contribution in [0.3, 0.4) is 0 Å². The highest BCUT2D eigenvalue weighted by atomic mass is 35.5. The number of sulfonamides is 1. The molecule has 2 heterocycles. The van der Waals surface area contributed by atoms with Gasteiger partial charge in [0.05, 0.1) is 0 Å². The summed E-state index contributed by atoms with van der Waals surface area (Å²) in [6, 6.07) is 8.75. The van der Waals surface area contributed by atoms with E-state index in [1.807, 2.05) is 0 Å². The summed E-state index contributed by atoms with van der Waals surface area (Å²) < 4.78 is 71.5. The number of fused-ring (bicyclic) bond motifs is 1. The number of benzene rings is 2. The highest BCUT2D eigenvalue weighted by Crippen LogP contribution is 2.32. The van der Waals surface area contributed by atoms with E-state index < -0.39 is 45.7 Å². The number of carbonyl (C=O) groups excluding carboxylic acids is 2. The van der Waals surface area contributed by atoms with Gasteiger partial charge in [-0.3, -0.25) is 10.2 Å². The van der Waals surface area contributed by atoms with Gasteiger partial charge in [-0.25, -0.2) is 13.2 Å². The van der Waals surface area contributed by atoms with Crippen LogP contribution < -0.4 is 15.2 Å². The number of ether oxygens (including phenoxy) is 1. The van der Waals surface area contributed by atoms with Crippen molar-refractivity contribution in [2.45, 2.75) is 29.4 Å². The van der Waals surface area contributed by atoms with Gasteiger partial charge in [0.2, 0.25) is 5.91 Å². The Kier molecular flexibility index (Phi) is 7.21. The van der Waals surface area contributed by atoms with Gasteiger partial charge in [-0.15, -0.1) is 11.3 Å². The molecule has 3 aromatic rings. The van der Waals surface area contributed by atoms with Crippen LogP contribution in [0.1, 0.15) is 17.5 Å². The highest BCUT2D eigenvalue weighted by Gasteiger charge is 2.42. The van der Waals surface area contributed by atoms with E-state index in [-0.39, 0.29) is 34.8 Å². The maximum Gasteiger partial charge on any atom is 0.491 e. The average molecular weight is 575 g/mol. The summed E-state index contributed by atoms with van der Waals surface area (Å²) in [5.41, 5.74) is 5.58. The van der Waals surface area contributed by atoms with E-state index >= 15 is 0 Å². The SMILES string of the molecule is N=C(N)c1ccc(OC(=O)C(F)(F)F)c(CN2CC[C@H](NS(=O)(=O)c3cc4ccc(Cl)cc4s3)C2=O)c1. The fourth-order valence-electron chi connectivity index (χ4n) is 3.70. The lowest BCUT2D eigenvalue weighted by atomic mass is 10.1. The van der Waals surface area contributed by atoms with Crippen molar-refractivity contribution in [3.05, 3.63) is 58.6 Å². The minimum absolute atomic E-state index is 0.00785. The van der Waals surface area contributed by atoms with Crippen molar-refractivity contribution in [3.8, 4) is 5.75 Å². The van der Waals surface area contributed by atoms with E-state index in [4.69, 9.17) is 22.7 Å². The molecule has 0 saturated carbocycles. The quantitative estimate of drug-likeness (QED) is 0.171.